The molecule has 0 bridgehead atoms. The minimum absolute atomic E-state index is 0. The lowest BCUT2D eigenvalue weighted by Gasteiger charge is -2.08. The van der Waals surface area contributed by atoms with Crippen molar-refractivity contribution >= 4 is 34.4 Å². The highest BCUT2D eigenvalue weighted by atomic mass is 15.0. The van der Waals surface area contributed by atoms with E-state index < -0.39 is 0 Å². The predicted molar refractivity (Wildman–Crippen MR) is 135 cm³/mol. The number of fused-ring (bicyclic) bond motifs is 3. The summed E-state index contributed by atoms with van der Waals surface area (Å²) in [6.45, 7) is 0. The molecule has 2 heterocycles. The number of para-hydroxylation sites is 4. The van der Waals surface area contributed by atoms with Crippen molar-refractivity contribution in [2.75, 3.05) is 5.32 Å². The van der Waals surface area contributed by atoms with Crippen molar-refractivity contribution < 1.29 is 0 Å². The van der Waals surface area contributed by atoms with E-state index in [1.807, 2.05) is 18.2 Å². The van der Waals surface area contributed by atoms with E-state index in [-0.39, 0.29) is 7.43 Å². The van der Waals surface area contributed by atoms with Gasteiger partial charge < -0.3 is 9.88 Å². The smallest absolute Gasteiger partial charge is 0.0528 e. The first kappa shape index (κ1) is 20.2. The molecule has 0 unspecified atom stereocenters. The number of nitrogens with zero attached hydrogens (tertiary/aromatic N) is 1. The van der Waals surface area contributed by atoms with E-state index in [1.165, 1.54) is 39.1 Å². The Balaban J connectivity index is 0.000000144. The second-order valence-electron chi connectivity index (χ2n) is 7.21. The summed E-state index contributed by atoms with van der Waals surface area (Å²) in [5.41, 5.74) is 7.25. The Morgan fingerprint density at radius 1 is 0.516 bits per heavy atom. The van der Waals surface area contributed by atoms with Crippen molar-refractivity contribution in [1.82, 2.24) is 4.57 Å². The van der Waals surface area contributed by atoms with E-state index in [2.05, 4.69) is 119 Å². The quantitative estimate of drug-likeness (QED) is 0.293. The normalized spacial score (nSPS) is 11.1. The number of aromatic nitrogens is 1. The predicted octanol–water partition coefficient (Wildman–Crippen LogP) is 8.18. The zero-order valence-corrected chi connectivity index (χ0v) is 16.6. The Kier molecular flexibility index (Phi) is 6.00. The maximum Gasteiger partial charge on any atom is 0.0528 e. The molecular weight excluding hydrogens is 376 g/mol. The Hall–Kier alpha value is -4.04. The number of benzene rings is 4. The summed E-state index contributed by atoms with van der Waals surface area (Å²) >= 11 is 0. The van der Waals surface area contributed by atoms with Gasteiger partial charge in [-0.25, -0.2) is 0 Å². The third kappa shape index (κ3) is 4.29. The van der Waals surface area contributed by atoms with Gasteiger partial charge in [-0.05, 0) is 52.9 Å². The SMILES string of the molecule is C.C1=Cc2ccccc2Nc2ccccc21.c1ccc(-n2ccc3ccccc32)cc1. The highest BCUT2D eigenvalue weighted by Crippen LogP contribution is 2.29. The molecule has 0 radical (unpaired) electrons. The van der Waals surface area contributed by atoms with E-state index >= 15 is 0 Å². The fourth-order valence-electron chi connectivity index (χ4n) is 3.73. The molecular formula is C29H26N2. The molecule has 0 saturated carbocycles. The van der Waals surface area contributed by atoms with Crippen molar-refractivity contribution in [1.29, 1.82) is 0 Å². The van der Waals surface area contributed by atoms with E-state index in [0.717, 1.165) is 0 Å². The Morgan fingerprint density at radius 2 is 1.06 bits per heavy atom. The van der Waals surface area contributed by atoms with Crippen LogP contribution in [0.1, 0.15) is 18.6 Å². The molecule has 0 aliphatic carbocycles. The molecule has 0 atom stereocenters. The Bertz CT molecular complexity index is 1270. The van der Waals surface area contributed by atoms with Crippen molar-refractivity contribution in [3.63, 3.8) is 0 Å². The molecule has 1 aliphatic heterocycles. The van der Waals surface area contributed by atoms with Gasteiger partial charge in [-0.1, -0.05) is 92.4 Å². The van der Waals surface area contributed by atoms with E-state index in [0.29, 0.717) is 0 Å². The molecule has 0 spiro atoms. The molecule has 152 valence electrons. The first-order chi connectivity index (χ1) is 14.9. The van der Waals surface area contributed by atoms with Crippen LogP contribution < -0.4 is 5.32 Å². The molecule has 0 saturated heterocycles. The summed E-state index contributed by atoms with van der Waals surface area (Å²) in [6.07, 6.45) is 6.41. The fraction of sp³-hybridized carbons (Fsp3) is 0.0345. The van der Waals surface area contributed by atoms with Gasteiger partial charge in [0.1, 0.15) is 0 Å². The minimum Gasteiger partial charge on any atom is -0.355 e. The van der Waals surface area contributed by atoms with Gasteiger partial charge in [-0.15, -0.1) is 0 Å². The van der Waals surface area contributed by atoms with Gasteiger partial charge in [-0.3, -0.25) is 0 Å². The van der Waals surface area contributed by atoms with E-state index in [4.69, 9.17) is 0 Å². The molecule has 1 N–H and O–H groups in total. The summed E-state index contributed by atoms with van der Waals surface area (Å²) in [6, 6.07) is 37.6. The third-order valence-corrected chi connectivity index (χ3v) is 5.27. The summed E-state index contributed by atoms with van der Waals surface area (Å²) in [7, 11) is 0. The van der Waals surface area contributed by atoms with Crippen LogP contribution in [0.3, 0.4) is 0 Å². The summed E-state index contributed by atoms with van der Waals surface area (Å²) in [5, 5.41) is 4.72. The minimum atomic E-state index is 0. The fourth-order valence-corrected chi connectivity index (χ4v) is 3.73. The molecule has 4 aromatic carbocycles. The van der Waals surface area contributed by atoms with Crippen molar-refractivity contribution in [3.8, 4) is 5.69 Å². The lowest BCUT2D eigenvalue weighted by Crippen LogP contribution is -1.92. The molecule has 2 heteroatoms. The van der Waals surface area contributed by atoms with Gasteiger partial charge >= 0.3 is 0 Å². The van der Waals surface area contributed by atoms with E-state index in [9.17, 15) is 0 Å². The van der Waals surface area contributed by atoms with Crippen LogP contribution in [-0.2, 0) is 0 Å². The van der Waals surface area contributed by atoms with Crippen LogP contribution >= 0.6 is 0 Å². The van der Waals surface area contributed by atoms with Crippen LogP contribution in [0.2, 0.25) is 0 Å². The number of hydrogen-bond acceptors (Lipinski definition) is 1. The molecule has 0 fully saturated rings. The molecule has 5 aromatic rings. The average molecular weight is 403 g/mol. The molecule has 31 heavy (non-hydrogen) atoms. The number of anilines is 2. The Morgan fingerprint density at radius 3 is 1.74 bits per heavy atom. The van der Waals surface area contributed by atoms with Gasteiger partial charge in [0, 0.05) is 23.3 Å². The molecule has 6 rings (SSSR count). The highest BCUT2D eigenvalue weighted by molar-refractivity contribution is 5.87. The van der Waals surface area contributed by atoms with Gasteiger partial charge in [0.25, 0.3) is 0 Å². The van der Waals surface area contributed by atoms with Crippen molar-refractivity contribution in [2.45, 2.75) is 7.43 Å². The monoisotopic (exact) mass is 402 g/mol. The lowest BCUT2D eigenvalue weighted by molar-refractivity contribution is 1.13. The number of nitrogens with one attached hydrogen (secondary N) is 1. The van der Waals surface area contributed by atoms with Crippen LogP contribution in [0.5, 0.6) is 0 Å². The van der Waals surface area contributed by atoms with Crippen LogP contribution in [-0.4, -0.2) is 4.57 Å². The van der Waals surface area contributed by atoms with Crippen molar-refractivity contribution in [2.24, 2.45) is 0 Å². The summed E-state index contributed by atoms with van der Waals surface area (Å²) in [5.74, 6) is 0. The first-order valence-electron chi connectivity index (χ1n) is 10.1. The van der Waals surface area contributed by atoms with Crippen LogP contribution in [0.25, 0.3) is 28.7 Å². The van der Waals surface area contributed by atoms with Gasteiger partial charge in [0.15, 0.2) is 0 Å². The highest BCUT2D eigenvalue weighted by Gasteiger charge is 2.06. The first-order valence-corrected chi connectivity index (χ1v) is 10.1. The second-order valence-corrected chi connectivity index (χ2v) is 7.21. The topological polar surface area (TPSA) is 17.0 Å². The van der Waals surface area contributed by atoms with Crippen molar-refractivity contribution in [3.05, 3.63) is 127 Å². The van der Waals surface area contributed by atoms with Crippen LogP contribution in [0.15, 0.2) is 115 Å². The zero-order chi connectivity index (χ0) is 20.2. The zero-order valence-electron chi connectivity index (χ0n) is 16.6. The molecule has 1 aromatic heterocycles. The largest absolute Gasteiger partial charge is 0.355 e. The Labute approximate surface area is 184 Å². The maximum atomic E-state index is 3.44. The molecule has 1 aliphatic rings. The standard InChI is InChI=1S/2C14H11N.CH4/c1-3-7-13-11(5-1)9-10-12-6-2-4-8-14(12)15-13;1-2-7-13(8-3-1)15-11-10-12-6-4-5-9-14(12)15;/h1-10,15H;1-11H;1H4. The molecule has 0 amide bonds. The lowest BCUT2D eigenvalue weighted by atomic mass is 10.1. The van der Waals surface area contributed by atoms with Gasteiger partial charge in [0.2, 0.25) is 0 Å². The van der Waals surface area contributed by atoms with Gasteiger partial charge in [-0.2, -0.15) is 0 Å². The number of hydrogen-bond donors (Lipinski definition) is 1. The maximum absolute atomic E-state index is 3.44. The van der Waals surface area contributed by atoms with Gasteiger partial charge in [0.05, 0.1) is 5.52 Å². The number of rotatable bonds is 1. The summed E-state index contributed by atoms with van der Waals surface area (Å²) < 4.78 is 2.20. The van der Waals surface area contributed by atoms with E-state index in [1.54, 1.807) is 0 Å². The second kappa shape index (κ2) is 9.19. The van der Waals surface area contributed by atoms with Crippen LogP contribution in [0.4, 0.5) is 11.4 Å². The molecule has 2 nitrogen and oxygen atoms in total. The average Bonchev–Trinajstić information content (AvgIpc) is 3.15. The summed E-state index contributed by atoms with van der Waals surface area (Å²) in [4.78, 5) is 0. The third-order valence-electron chi connectivity index (χ3n) is 5.27. The van der Waals surface area contributed by atoms with Crippen LogP contribution in [0, 0.1) is 0 Å².